The third kappa shape index (κ3) is 4.52. The fourth-order valence-corrected chi connectivity index (χ4v) is 3.13. The lowest BCUT2D eigenvalue weighted by Gasteiger charge is -2.28. The summed E-state index contributed by atoms with van der Waals surface area (Å²) in [7, 11) is 3.20. The van der Waals surface area contributed by atoms with Gasteiger partial charge < -0.3 is 24.4 Å². The Morgan fingerprint density at radius 3 is 2.33 bits per heavy atom. The van der Waals surface area contributed by atoms with E-state index in [1.165, 1.54) is 0 Å². The SMILES string of the molecule is COc1ccc([C@H](C)NC(=O)c2ccc(N3CCOCC3)cc2)cc1OC. The first kappa shape index (κ1) is 19.0. The van der Waals surface area contributed by atoms with E-state index in [9.17, 15) is 4.79 Å². The zero-order valence-corrected chi connectivity index (χ0v) is 16.0. The van der Waals surface area contributed by atoms with Crippen LogP contribution < -0.4 is 19.7 Å². The highest BCUT2D eigenvalue weighted by Crippen LogP contribution is 2.30. The number of benzene rings is 2. The number of morpholine rings is 1. The van der Waals surface area contributed by atoms with Crippen molar-refractivity contribution in [1.82, 2.24) is 5.32 Å². The van der Waals surface area contributed by atoms with Gasteiger partial charge >= 0.3 is 0 Å². The van der Waals surface area contributed by atoms with Gasteiger partial charge in [-0.25, -0.2) is 0 Å². The molecule has 1 heterocycles. The van der Waals surface area contributed by atoms with Crippen molar-refractivity contribution in [2.24, 2.45) is 0 Å². The van der Waals surface area contributed by atoms with E-state index in [1.807, 2.05) is 49.4 Å². The van der Waals surface area contributed by atoms with Gasteiger partial charge in [0.2, 0.25) is 0 Å². The van der Waals surface area contributed by atoms with Crippen molar-refractivity contribution in [2.75, 3.05) is 45.4 Å². The zero-order chi connectivity index (χ0) is 19.2. The summed E-state index contributed by atoms with van der Waals surface area (Å²) in [6.07, 6.45) is 0. The number of hydrogen-bond donors (Lipinski definition) is 1. The number of hydrogen-bond acceptors (Lipinski definition) is 5. The van der Waals surface area contributed by atoms with Crippen LogP contribution >= 0.6 is 0 Å². The van der Waals surface area contributed by atoms with E-state index in [4.69, 9.17) is 14.2 Å². The molecule has 0 spiro atoms. The largest absolute Gasteiger partial charge is 0.493 e. The van der Waals surface area contributed by atoms with Crippen molar-refractivity contribution in [2.45, 2.75) is 13.0 Å². The Bertz CT molecular complexity index is 770. The molecule has 0 bridgehead atoms. The maximum atomic E-state index is 12.6. The Morgan fingerprint density at radius 2 is 1.70 bits per heavy atom. The molecule has 0 saturated carbocycles. The molecule has 2 aromatic carbocycles. The van der Waals surface area contributed by atoms with Crippen LogP contribution in [0.15, 0.2) is 42.5 Å². The quantitative estimate of drug-likeness (QED) is 0.847. The highest BCUT2D eigenvalue weighted by atomic mass is 16.5. The molecule has 3 rings (SSSR count). The summed E-state index contributed by atoms with van der Waals surface area (Å²) in [4.78, 5) is 14.9. The molecule has 0 unspecified atom stereocenters. The molecule has 1 aliphatic heterocycles. The Morgan fingerprint density at radius 1 is 1.04 bits per heavy atom. The highest BCUT2D eigenvalue weighted by molar-refractivity contribution is 5.94. The topological polar surface area (TPSA) is 60.0 Å². The molecular formula is C21H26N2O4. The average Bonchev–Trinajstić information content (AvgIpc) is 2.73. The minimum absolute atomic E-state index is 0.106. The van der Waals surface area contributed by atoms with Crippen molar-refractivity contribution in [3.8, 4) is 11.5 Å². The van der Waals surface area contributed by atoms with Crippen LogP contribution in [0.3, 0.4) is 0 Å². The normalized spacial score (nSPS) is 15.1. The average molecular weight is 370 g/mol. The van der Waals surface area contributed by atoms with Crippen molar-refractivity contribution in [3.05, 3.63) is 53.6 Å². The van der Waals surface area contributed by atoms with Crippen molar-refractivity contribution in [3.63, 3.8) is 0 Å². The molecule has 1 aliphatic rings. The smallest absolute Gasteiger partial charge is 0.251 e. The second-order valence-corrected chi connectivity index (χ2v) is 6.46. The summed E-state index contributed by atoms with van der Waals surface area (Å²) in [5.41, 5.74) is 2.70. The maximum Gasteiger partial charge on any atom is 0.251 e. The van der Waals surface area contributed by atoms with E-state index < -0.39 is 0 Å². The number of carbonyl (C=O) groups is 1. The number of ether oxygens (including phenoxy) is 3. The molecule has 0 radical (unpaired) electrons. The van der Waals surface area contributed by atoms with Crippen LogP contribution in [-0.2, 0) is 4.74 Å². The first-order chi connectivity index (χ1) is 13.1. The number of nitrogens with one attached hydrogen (secondary N) is 1. The summed E-state index contributed by atoms with van der Waals surface area (Å²) >= 11 is 0. The van der Waals surface area contributed by atoms with E-state index in [0.29, 0.717) is 17.1 Å². The number of amides is 1. The predicted molar refractivity (Wildman–Crippen MR) is 105 cm³/mol. The summed E-state index contributed by atoms with van der Waals surface area (Å²) in [6.45, 7) is 5.18. The van der Waals surface area contributed by atoms with Gasteiger partial charge in [0.05, 0.1) is 33.5 Å². The lowest BCUT2D eigenvalue weighted by atomic mass is 10.1. The number of methoxy groups -OCH3 is 2. The molecule has 144 valence electrons. The van der Waals surface area contributed by atoms with Crippen molar-refractivity contribution >= 4 is 11.6 Å². The Hall–Kier alpha value is -2.73. The van der Waals surface area contributed by atoms with Gasteiger partial charge in [0.25, 0.3) is 5.91 Å². The minimum atomic E-state index is -0.156. The molecule has 1 fully saturated rings. The highest BCUT2D eigenvalue weighted by Gasteiger charge is 2.15. The number of carbonyl (C=O) groups excluding carboxylic acids is 1. The van der Waals surface area contributed by atoms with Gasteiger partial charge in [-0.15, -0.1) is 0 Å². The van der Waals surface area contributed by atoms with Crippen LogP contribution in [0.2, 0.25) is 0 Å². The van der Waals surface area contributed by atoms with E-state index >= 15 is 0 Å². The Balaban J connectivity index is 1.65. The third-order valence-electron chi connectivity index (χ3n) is 4.76. The van der Waals surface area contributed by atoms with Gasteiger partial charge in [-0.2, -0.15) is 0 Å². The second-order valence-electron chi connectivity index (χ2n) is 6.46. The number of rotatable bonds is 6. The predicted octanol–water partition coefficient (Wildman–Crippen LogP) is 3.03. The van der Waals surface area contributed by atoms with Gasteiger partial charge in [0.1, 0.15) is 0 Å². The first-order valence-electron chi connectivity index (χ1n) is 9.08. The monoisotopic (exact) mass is 370 g/mol. The lowest BCUT2D eigenvalue weighted by molar-refractivity contribution is 0.0939. The van der Waals surface area contributed by atoms with Crippen LogP contribution in [0.25, 0.3) is 0 Å². The molecule has 6 nitrogen and oxygen atoms in total. The summed E-state index contributed by atoms with van der Waals surface area (Å²) < 4.78 is 16.0. The third-order valence-corrected chi connectivity index (χ3v) is 4.76. The molecular weight excluding hydrogens is 344 g/mol. The molecule has 1 amide bonds. The molecule has 1 N–H and O–H groups in total. The standard InChI is InChI=1S/C21H26N2O4/c1-15(17-6-9-19(25-2)20(14-17)26-3)22-21(24)16-4-7-18(8-5-16)23-10-12-27-13-11-23/h4-9,14-15H,10-13H2,1-3H3,(H,22,24)/t15-/m0/s1. The minimum Gasteiger partial charge on any atom is -0.493 e. The lowest BCUT2D eigenvalue weighted by Crippen LogP contribution is -2.36. The van der Waals surface area contributed by atoms with E-state index in [-0.39, 0.29) is 11.9 Å². The van der Waals surface area contributed by atoms with Gasteiger partial charge in [0, 0.05) is 24.3 Å². The van der Waals surface area contributed by atoms with Crippen LogP contribution in [0.4, 0.5) is 5.69 Å². The van der Waals surface area contributed by atoms with Gasteiger partial charge in [0.15, 0.2) is 11.5 Å². The van der Waals surface area contributed by atoms with Crippen LogP contribution in [0.1, 0.15) is 28.9 Å². The van der Waals surface area contributed by atoms with Crippen molar-refractivity contribution in [1.29, 1.82) is 0 Å². The molecule has 2 aromatic rings. The van der Waals surface area contributed by atoms with Gasteiger partial charge in [-0.3, -0.25) is 4.79 Å². The van der Waals surface area contributed by atoms with E-state index in [0.717, 1.165) is 37.6 Å². The van der Waals surface area contributed by atoms with Crippen LogP contribution in [0.5, 0.6) is 11.5 Å². The molecule has 27 heavy (non-hydrogen) atoms. The van der Waals surface area contributed by atoms with E-state index in [1.54, 1.807) is 14.2 Å². The number of anilines is 1. The van der Waals surface area contributed by atoms with Crippen LogP contribution in [0, 0.1) is 0 Å². The first-order valence-corrected chi connectivity index (χ1v) is 9.08. The number of nitrogens with zero attached hydrogens (tertiary/aromatic N) is 1. The summed E-state index contributed by atoms with van der Waals surface area (Å²) in [5, 5.41) is 3.03. The van der Waals surface area contributed by atoms with Gasteiger partial charge in [-0.1, -0.05) is 6.07 Å². The van der Waals surface area contributed by atoms with E-state index in [2.05, 4.69) is 10.2 Å². The van der Waals surface area contributed by atoms with Gasteiger partial charge in [-0.05, 0) is 48.9 Å². The fourth-order valence-electron chi connectivity index (χ4n) is 3.13. The Kier molecular flexibility index (Phi) is 6.19. The van der Waals surface area contributed by atoms with Crippen molar-refractivity contribution < 1.29 is 19.0 Å². The molecule has 1 atom stereocenters. The molecule has 6 heteroatoms. The summed E-state index contributed by atoms with van der Waals surface area (Å²) in [6, 6.07) is 13.2. The molecule has 0 aliphatic carbocycles. The second kappa shape index (κ2) is 8.77. The molecule has 1 saturated heterocycles. The molecule has 0 aromatic heterocycles. The van der Waals surface area contributed by atoms with Crippen LogP contribution in [-0.4, -0.2) is 46.4 Å². The zero-order valence-electron chi connectivity index (χ0n) is 16.0. The maximum absolute atomic E-state index is 12.6. The fraction of sp³-hybridized carbons (Fsp3) is 0.381. The summed E-state index contributed by atoms with van der Waals surface area (Å²) in [5.74, 6) is 1.20. The Labute approximate surface area is 160 Å².